The molecule has 4 rings (SSSR count). The summed E-state index contributed by atoms with van der Waals surface area (Å²) in [5.74, 6) is 0.0624. The van der Waals surface area contributed by atoms with Gasteiger partial charge in [0.2, 0.25) is 5.91 Å². The van der Waals surface area contributed by atoms with Gasteiger partial charge in [-0.15, -0.1) is 0 Å². The highest BCUT2D eigenvalue weighted by molar-refractivity contribution is 5.95. The van der Waals surface area contributed by atoms with Gasteiger partial charge in [0.1, 0.15) is 0 Å². The predicted octanol–water partition coefficient (Wildman–Crippen LogP) is 1.22. The standard InChI is InChI=1S/C18H18N4O2/c23-16(14-6-8-20-21-10-14)22-9-7-18(12-22)15(11-19-17(18)24)13-4-2-1-3-5-13/h1-6,8,10,15H,7,9,11-12H2,(H,19,24)/t15-,18-/m0/s1. The minimum atomic E-state index is -0.530. The van der Waals surface area contributed by atoms with E-state index in [1.807, 2.05) is 18.2 Å². The Morgan fingerprint density at radius 2 is 2.04 bits per heavy atom. The van der Waals surface area contributed by atoms with Crippen LogP contribution < -0.4 is 5.32 Å². The summed E-state index contributed by atoms with van der Waals surface area (Å²) in [6.45, 7) is 1.65. The maximum atomic E-state index is 12.7. The maximum absolute atomic E-state index is 12.7. The fourth-order valence-corrected chi connectivity index (χ4v) is 3.92. The van der Waals surface area contributed by atoms with Crippen LogP contribution >= 0.6 is 0 Å². The second-order valence-electron chi connectivity index (χ2n) is 6.44. The number of hydrogen-bond acceptors (Lipinski definition) is 4. The summed E-state index contributed by atoms with van der Waals surface area (Å²) in [5, 5.41) is 10.5. The van der Waals surface area contributed by atoms with E-state index < -0.39 is 5.41 Å². The zero-order valence-electron chi connectivity index (χ0n) is 13.2. The third kappa shape index (κ3) is 2.26. The van der Waals surface area contributed by atoms with E-state index in [1.54, 1.807) is 11.0 Å². The first-order chi connectivity index (χ1) is 11.7. The van der Waals surface area contributed by atoms with Crippen molar-refractivity contribution in [2.75, 3.05) is 19.6 Å². The van der Waals surface area contributed by atoms with Gasteiger partial charge in [-0.3, -0.25) is 9.59 Å². The molecule has 2 amide bonds. The molecule has 2 fully saturated rings. The van der Waals surface area contributed by atoms with E-state index in [-0.39, 0.29) is 17.7 Å². The molecule has 1 spiro atoms. The van der Waals surface area contributed by atoms with E-state index in [9.17, 15) is 9.59 Å². The average molecular weight is 322 g/mol. The van der Waals surface area contributed by atoms with Crippen LogP contribution in [-0.2, 0) is 4.79 Å². The summed E-state index contributed by atoms with van der Waals surface area (Å²) in [4.78, 5) is 27.0. The first kappa shape index (κ1) is 14.8. The van der Waals surface area contributed by atoms with Gasteiger partial charge >= 0.3 is 0 Å². The largest absolute Gasteiger partial charge is 0.355 e. The number of nitrogens with zero attached hydrogens (tertiary/aromatic N) is 3. The lowest BCUT2D eigenvalue weighted by Crippen LogP contribution is -2.39. The Hall–Kier alpha value is -2.76. The molecule has 2 aliphatic heterocycles. The topological polar surface area (TPSA) is 75.2 Å². The Morgan fingerprint density at radius 3 is 2.79 bits per heavy atom. The first-order valence-corrected chi connectivity index (χ1v) is 8.10. The van der Waals surface area contributed by atoms with E-state index in [0.717, 1.165) is 5.56 Å². The SMILES string of the molecule is O=C(c1ccnnc1)N1CC[C@@]2(C1)C(=O)NC[C@H]2c1ccccc1. The molecule has 2 aliphatic rings. The van der Waals surface area contributed by atoms with Crippen LogP contribution in [0, 0.1) is 5.41 Å². The lowest BCUT2D eigenvalue weighted by Gasteiger charge is -2.28. The molecule has 24 heavy (non-hydrogen) atoms. The van der Waals surface area contributed by atoms with Crippen LogP contribution in [0.15, 0.2) is 48.8 Å². The highest BCUT2D eigenvalue weighted by atomic mass is 16.2. The quantitative estimate of drug-likeness (QED) is 0.902. The van der Waals surface area contributed by atoms with Crippen molar-refractivity contribution in [1.82, 2.24) is 20.4 Å². The van der Waals surface area contributed by atoms with Gasteiger partial charge in [-0.2, -0.15) is 10.2 Å². The van der Waals surface area contributed by atoms with Crippen LogP contribution in [0.1, 0.15) is 28.3 Å². The second-order valence-corrected chi connectivity index (χ2v) is 6.44. The summed E-state index contributed by atoms with van der Waals surface area (Å²) < 4.78 is 0. The molecule has 1 N–H and O–H groups in total. The van der Waals surface area contributed by atoms with Crippen LogP contribution in [0.4, 0.5) is 0 Å². The van der Waals surface area contributed by atoms with Gasteiger partial charge in [-0.25, -0.2) is 0 Å². The summed E-state index contributed by atoms with van der Waals surface area (Å²) in [5.41, 5.74) is 1.13. The molecule has 0 bridgehead atoms. The van der Waals surface area contributed by atoms with Crippen molar-refractivity contribution in [3.05, 3.63) is 59.9 Å². The van der Waals surface area contributed by atoms with E-state index in [1.165, 1.54) is 12.4 Å². The minimum absolute atomic E-state index is 0.0551. The molecule has 3 heterocycles. The van der Waals surface area contributed by atoms with Crippen molar-refractivity contribution in [3.8, 4) is 0 Å². The van der Waals surface area contributed by atoms with E-state index in [0.29, 0.717) is 31.6 Å². The fourth-order valence-electron chi connectivity index (χ4n) is 3.92. The molecule has 1 aromatic carbocycles. The Kier molecular flexibility index (Phi) is 3.52. The molecule has 6 heteroatoms. The van der Waals surface area contributed by atoms with Crippen molar-refractivity contribution in [2.24, 2.45) is 5.41 Å². The Bertz CT molecular complexity index is 765. The number of hydrogen-bond donors (Lipinski definition) is 1. The first-order valence-electron chi connectivity index (χ1n) is 8.10. The molecule has 122 valence electrons. The molecule has 0 unspecified atom stereocenters. The van der Waals surface area contributed by atoms with Gasteiger partial charge in [0.25, 0.3) is 5.91 Å². The zero-order valence-corrected chi connectivity index (χ0v) is 13.2. The average Bonchev–Trinajstić information content (AvgIpc) is 3.22. The number of benzene rings is 1. The van der Waals surface area contributed by atoms with Crippen LogP contribution in [0.5, 0.6) is 0 Å². The molecule has 0 aliphatic carbocycles. The van der Waals surface area contributed by atoms with Crippen molar-refractivity contribution >= 4 is 11.8 Å². The third-order valence-electron chi connectivity index (χ3n) is 5.21. The van der Waals surface area contributed by atoms with Crippen molar-refractivity contribution in [2.45, 2.75) is 12.3 Å². The minimum Gasteiger partial charge on any atom is -0.355 e. The number of carbonyl (C=O) groups excluding carboxylic acids is 2. The Labute approximate surface area is 139 Å². The summed E-state index contributed by atoms with van der Waals surface area (Å²) in [6, 6.07) is 11.7. The van der Waals surface area contributed by atoms with Crippen LogP contribution in [0.25, 0.3) is 0 Å². The fraction of sp³-hybridized carbons (Fsp3) is 0.333. The van der Waals surface area contributed by atoms with Gasteiger partial charge in [-0.05, 0) is 18.1 Å². The number of rotatable bonds is 2. The van der Waals surface area contributed by atoms with E-state index in [4.69, 9.17) is 0 Å². The molecule has 0 radical (unpaired) electrons. The smallest absolute Gasteiger partial charge is 0.255 e. The van der Waals surface area contributed by atoms with Gasteiger partial charge in [0.15, 0.2) is 0 Å². The highest BCUT2D eigenvalue weighted by Gasteiger charge is 2.55. The second kappa shape index (κ2) is 5.70. The van der Waals surface area contributed by atoms with Crippen LogP contribution in [-0.4, -0.2) is 46.5 Å². The van der Waals surface area contributed by atoms with E-state index in [2.05, 4.69) is 27.6 Å². The number of aromatic nitrogens is 2. The molecule has 1 aromatic heterocycles. The summed E-state index contributed by atoms with van der Waals surface area (Å²) in [7, 11) is 0. The normalized spacial score (nSPS) is 25.9. The van der Waals surface area contributed by atoms with E-state index >= 15 is 0 Å². The van der Waals surface area contributed by atoms with Crippen molar-refractivity contribution < 1.29 is 9.59 Å². The maximum Gasteiger partial charge on any atom is 0.255 e. The van der Waals surface area contributed by atoms with Gasteiger partial charge in [0, 0.05) is 25.6 Å². The number of amides is 2. The molecule has 2 saturated heterocycles. The monoisotopic (exact) mass is 322 g/mol. The van der Waals surface area contributed by atoms with Gasteiger partial charge < -0.3 is 10.2 Å². The number of nitrogens with one attached hydrogen (secondary N) is 1. The summed E-state index contributed by atoms with van der Waals surface area (Å²) >= 11 is 0. The zero-order chi connectivity index (χ0) is 16.6. The molecule has 2 atom stereocenters. The Morgan fingerprint density at radius 1 is 1.21 bits per heavy atom. The lowest BCUT2D eigenvalue weighted by atomic mass is 9.73. The summed E-state index contributed by atoms with van der Waals surface area (Å²) in [6.07, 6.45) is 3.66. The molecule has 6 nitrogen and oxygen atoms in total. The molecular formula is C18H18N4O2. The van der Waals surface area contributed by atoms with Crippen molar-refractivity contribution in [1.29, 1.82) is 0 Å². The third-order valence-corrected chi connectivity index (χ3v) is 5.21. The van der Waals surface area contributed by atoms with Crippen molar-refractivity contribution in [3.63, 3.8) is 0 Å². The lowest BCUT2D eigenvalue weighted by molar-refractivity contribution is -0.127. The van der Waals surface area contributed by atoms with Crippen LogP contribution in [0.2, 0.25) is 0 Å². The van der Waals surface area contributed by atoms with Crippen LogP contribution in [0.3, 0.4) is 0 Å². The molecular weight excluding hydrogens is 304 g/mol. The predicted molar refractivity (Wildman–Crippen MR) is 87.2 cm³/mol. The highest BCUT2D eigenvalue weighted by Crippen LogP contribution is 2.47. The number of likely N-dealkylation sites (tertiary alicyclic amines) is 1. The Balaban J connectivity index is 1.61. The van der Waals surface area contributed by atoms with Gasteiger partial charge in [0.05, 0.1) is 23.4 Å². The molecule has 0 saturated carbocycles. The molecule has 2 aromatic rings. The number of carbonyl (C=O) groups is 2. The van der Waals surface area contributed by atoms with Gasteiger partial charge in [-0.1, -0.05) is 30.3 Å².